The smallest absolute Gasteiger partial charge is 0.303 e. The molecule has 0 spiro atoms. The van der Waals surface area contributed by atoms with Gasteiger partial charge in [-0.3, -0.25) is 14.5 Å². The molecule has 1 fully saturated rings. The Labute approximate surface area is 125 Å². The first-order chi connectivity index (χ1) is 10.1. The van der Waals surface area contributed by atoms with Crippen LogP contribution < -0.4 is 5.32 Å². The Balaban J connectivity index is 1.78. The summed E-state index contributed by atoms with van der Waals surface area (Å²) in [5.74, 6) is -0.642. The lowest BCUT2D eigenvalue weighted by Gasteiger charge is -2.15. The van der Waals surface area contributed by atoms with Crippen LogP contribution in [-0.4, -0.2) is 41.5 Å². The molecule has 0 bridgehead atoms. The van der Waals surface area contributed by atoms with Gasteiger partial charge in [-0.2, -0.15) is 0 Å². The van der Waals surface area contributed by atoms with Crippen molar-refractivity contribution in [3.05, 3.63) is 29.8 Å². The number of aliphatic carboxylic acids is 1. The fourth-order valence-corrected chi connectivity index (χ4v) is 2.70. The molecule has 0 aromatic heterocycles. The highest BCUT2D eigenvalue weighted by Gasteiger charge is 2.25. The number of aryl methyl sites for hydroxylation is 1. The maximum Gasteiger partial charge on any atom is 0.303 e. The van der Waals surface area contributed by atoms with Crippen LogP contribution in [0.1, 0.15) is 25.3 Å². The molecular formula is C16H22N2O3. The Kier molecular flexibility index (Phi) is 5.33. The van der Waals surface area contributed by atoms with Crippen LogP contribution in [0.25, 0.3) is 0 Å². The van der Waals surface area contributed by atoms with Crippen molar-refractivity contribution in [2.75, 3.05) is 25.0 Å². The van der Waals surface area contributed by atoms with Gasteiger partial charge in [0.15, 0.2) is 0 Å². The summed E-state index contributed by atoms with van der Waals surface area (Å²) >= 11 is 0. The van der Waals surface area contributed by atoms with E-state index in [0.717, 1.165) is 25.1 Å². The summed E-state index contributed by atoms with van der Waals surface area (Å²) in [6.45, 7) is 3.90. The van der Waals surface area contributed by atoms with Crippen LogP contribution in [0.3, 0.4) is 0 Å². The molecule has 5 heteroatoms. The minimum Gasteiger partial charge on any atom is -0.481 e. The van der Waals surface area contributed by atoms with E-state index in [4.69, 9.17) is 5.11 Å². The van der Waals surface area contributed by atoms with E-state index in [1.165, 1.54) is 5.56 Å². The van der Waals surface area contributed by atoms with Gasteiger partial charge < -0.3 is 10.4 Å². The fraction of sp³-hybridized carbons (Fsp3) is 0.500. The summed E-state index contributed by atoms with van der Waals surface area (Å²) in [5, 5.41) is 11.7. The van der Waals surface area contributed by atoms with Gasteiger partial charge in [0, 0.05) is 18.7 Å². The van der Waals surface area contributed by atoms with E-state index in [1.807, 2.05) is 29.2 Å². The second-order valence-corrected chi connectivity index (χ2v) is 5.59. The quantitative estimate of drug-likeness (QED) is 0.840. The molecule has 1 aromatic rings. The minimum absolute atomic E-state index is 0.0461. The van der Waals surface area contributed by atoms with Gasteiger partial charge in [-0.15, -0.1) is 0 Å². The predicted octanol–water partition coefficient (Wildman–Crippen LogP) is 1.98. The molecule has 2 N–H and O–H groups in total. The number of amides is 1. The summed E-state index contributed by atoms with van der Waals surface area (Å²) in [7, 11) is 0. The van der Waals surface area contributed by atoms with Crippen LogP contribution in [0.4, 0.5) is 5.69 Å². The van der Waals surface area contributed by atoms with Crippen molar-refractivity contribution in [2.45, 2.75) is 26.2 Å². The maximum atomic E-state index is 12.0. The second-order valence-electron chi connectivity index (χ2n) is 5.59. The van der Waals surface area contributed by atoms with Crippen LogP contribution in [0.5, 0.6) is 0 Å². The van der Waals surface area contributed by atoms with Crippen LogP contribution in [0.2, 0.25) is 0 Å². The van der Waals surface area contributed by atoms with E-state index < -0.39 is 5.97 Å². The molecule has 5 nitrogen and oxygen atoms in total. The van der Waals surface area contributed by atoms with Crippen molar-refractivity contribution >= 4 is 17.6 Å². The zero-order chi connectivity index (χ0) is 15.2. The standard InChI is InChI=1S/C16H22N2O3/c1-2-12-3-5-14(6-4-12)17-15(19)11-18-8-7-13(10-18)9-16(20)21/h3-6,13H,2,7-11H2,1H3,(H,17,19)(H,20,21). The van der Waals surface area contributed by atoms with Gasteiger partial charge in [0.2, 0.25) is 5.91 Å². The molecule has 2 rings (SSSR count). The number of nitrogens with zero attached hydrogens (tertiary/aromatic N) is 1. The number of hydrogen-bond donors (Lipinski definition) is 2. The molecule has 1 aliphatic rings. The molecule has 1 amide bonds. The molecule has 114 valence electrons. The average molecular weight is 290 g/mol. The van der Waals surface area contributed by atoms with Crippen molar-refractivity contribution in [1.29, 1.82) is 0 Å². The highest BCUT2D eigenvalue weighted by Crippen LogP contribution is 2.19. The van der Waals surface area contributed by atoms with Crippen LogP contribution in [0.15, 0.2) is 24.3 Å². The van der Waals surface area contributed by atoms with Crippen molar-refractivity contribution in [2.24, 2.45) is 5.92 Å². The SMILES string of the molecule is CCc1ccc(NC(=O)CN2CCC(CC(=O)O)C2)cc1. The van der Waals surface area contributed by atoms with Gasteiger partial charge in [0.1, 0.15) is 0 Å². The minimum atomic E-state index is -0.762. The van der Waals surface area contributed by atoms with Gasteiger partial charge in [0.25, 0.3) is 0 Å². The van der Waals surface area contributed by atoms with E-state index in [-0.39, 0.29) is 18.2 Å². The summed E-state index contributed by atoms with van der Waals surface area (Å²) in [5.41, 5.74) is 2.04. The highest BCUT2D eigenvalue weighted by molar-refractivity contribution is 5.92. The number of anilines is 1. The molecule has 1 saturated heterocycles. The summed E-state index contributed by atoms with van der Waals surface area (Å²) in [6, 6.07) is 7.84. The lowest BCUT2D eigenvalue weighted by atomic mass is 10.1. The first-order valence-corrected chi connectivity index (χ1v) is 7.39. The number of carbonyl (C=O) groups is 2. The van der Waals surface area contributed by atoms with Crippen LogP contribution in [0, 0.1) is 5.92 Å². The van der Waals surface area contributed by atoms with Gasteiger partial charge in [0.05, 0.1) is 6.54 Å². The molecule has 1 heterocycles. The number of rotatable bonds is 6. The number of carboxylic acid groups (broad SMARTS) is 1. The van der Waals surface area contributed by atoms with Gasteiger partial charge in [-0.25, -0.2) is 0 Å². The number of hydrogen-bond acceptors (Lipinski definition) is 3. The highest BCUT2D eigenvalue weighted by atomic mass is 16.4. The number of carboxylic acids is 1. The molecule has 1 aliphatic heterocycles. The van der Waals surface area contributed by atoms with Gasteiger partial charge in [-0.05, 0) is 43.0 Å². The molecule has 1 unspecified atom stereocenters. The third-order valence-electron chi connectivity index (χ3n) is 3.85. The van der Waals surface area contributed by atoms with Gasteiger partial charge in [-0.1, -0.05) is 19.1 Å². The molecule has 1 atom stereocenters. The Morgan fingerprint density at radius 2 is 2.05 bits per heavy atom. The molecule has 0 radical (unpaired) electrons. The molecule has 0 aliphatic carbocycles. The predicted molar refractivity (Wildman–Crippen MR) is 81.2 cm³/mol. The number of nitrogens with one attached hydrogen (secondary N) is 1. The lowest BCUT2D eigenvalue weighted by molar-refractivity contribution is -0.138. The number of carbonyl (C=O) groups excluding carboxylic acids is 1. The van der Waals surface area contributed by atoms with E-state index >= 15 is 0 Å². The number of likely N-dealkylation sites (tertiary alicyclic amines) is 1. The van der Waals surface area contributed by atoms with Crippen molar-refractivity contribution in [3.8, 4) is 0 Å². The van der Waals surface area contributed by atoms with E-state index in [2.05, 4.69) is 12.2 Å². The average Bonchev–Trinajstić information content (AvgIpc) is 2.85. The second kappa shape index (κ2) is 7.22. The maximum absolute atomic E-state index is 12.0. The van der Waals surface area contributed by atoms with E-state index in [0.29, 0.717) is 13.1 Å². The van der Waals surface area contributed by atoms with Crippen LogP contribution in [-0.2, 0) is 16.0 Å². The third kappa shape index (κ3) is 4.86. The summed E-state index contributed by atoms with van der Waals surface area (Å²) < 4.78 is 0. The van der Waals surface area contributed by atoms with E-state index in [1.54, 1.807) is 0 Å². The topological polar surface area (TPSA) is 69.6 Å². The molecule has 1 aromatic carbocycles. The fourth-order valence-electron chi connectivity index (χ4n) is 2.70. The van der Waals surface area contributed by atoms with Crippen LogP contribution >= 0.6 is 0 Å². The first kappa shape index (κ1) is 15.5. The molecule has 0 saturated carbocycles. The van der Waals surface area contributed by atoms with Crippen molar-refractivity contribution in [1.82, 2.24) is 4.90 Å². The van der Waals surface area contributed by atoms with Crippen molar-refractivity contribution in [3.63, 3.8) is 0 Å². The van der Waals surface area contributed by atoms with Gasteiger partial charge >= 0.3 is 5.97 Å². The third-order valence-corrected chi connectivity index (χ3v) is 3.85. The zero-order valence-corrected chi connectivity index (χ0v) is 12.3. The molecule has 21 heavy (non-hydrogen) atoms. The number of benzene rings is 1. The van der Waals surface area contributed by atoms with Crippen molar-refractivity contribution < 1.29 is 14.7 Å². The Hall–Kier alpha value is -1.88. The first-order valence-electron chi connectivity index (χ1n) is 7.39. The summed E-state index contributed by atoms with van der Waals surface area (Å²) in [6.07, 6.45) is 2.02. The lowest BCUT2D eigenvalue weighted by Crippen LogP contribution is -2.31. The van der Waals surface area contributed by atoms with E-state index in [9.17, 15) is 9.59 Å². The Morgan fingerprint density at radius 3 is 2.67 bits per heavy atom. The molecular weight excluding hydrogens is 268 g/mol. The zero-order valence-electron chi connectivity index (χ0n) is 12.3. The normalized spacial score (nSPS) is 18.6. The Bertz CT molecular complexity index is 499. The monoisotopic (exact) mass is 290 g/mol. The Morgan fingerprint density at radius 1 is 1.33 bits per heavy atom. The largest absolute Gasteiger partial charge is 0.481 e. The summed E-state index contributed by atoms with van der Waals surface area (Å²) in [4.78, 5) is 24.7.